The number of ether oxygens (including phenoxy) is 2. The van der Waals surface area contributed by atoms with Crippen LogP contribution in [0.3, 0.4) is 0 Å². The average molecular weight is 778 g/mol. The van der Waals surface area contributed by atoms with Crippen LogP contribution in [0.2, 0.25) is 0 Å². The van der Waals surface area contributed by atoms with E-state index in [1.807, 2.05) is 73.7 Å². The predicted octanol–water partition coefficient (Wildman–Crippen LogP) is 10.2. The van der Waals surface area contributed by atoms with Gasteiger partial charge in [-0.15, -0.1) is 0 Å². The highest BCUT2D eigenvalue weighted by Crippen LogP contribution is 2.35. The molecule has 2 saturated heterocycles. The minimum absolute atomic E-state index is 0.0731. The molecular weight excluding hydrogens is 711 g/mol. The molecule has 8 heteroatoms. The fraction of sp³-hybridized carbons (Fsp3) is 0.469. The minimum Gasteiger partial charge on any atom is -0.489 e. The Hall–Kier alpha value is -4.50. The second-order valence-electron chi connectivity index (χ2n) is 18.8. The van der Waals surface area contributed by atoms with Gasteiger partial charge in [0.2, 0.25) is 0 Å². The molecule has 0 aliphatic carbocycles. The average Bonchev–Trinajstić information content (AvgIpc) is 3.08. The number of nitrogens with two attached hydrogens (primary N) is 1. The number of hydrogen-bond donors (Lipinski definition) is 4. The molecule has 4 aromatic carbocycles. The SMILES string of the molecule is CC1(C)CC(N)CC(C)(C)N1.Cc1cccc(OCc2ccc(C(=O)CC3CC(C)(C)NC(C)(C)C3)cc2)c1.Cc1cccc(OCc2ccc(C(=O)O)cc2)c1. The molecule has 8 nitrogen and oxygen atoms in total. The van der Waals surface area contributed by atoms with Crippen molar-refractivity contribution in [2.75, 3.05) is 0 Å². The first-order valence-electron chi connectivity index (χ1n) is 20.3. The van der Waals surface area contributed by atoms with Gasteiger partial charge in [0.1, 0.15) is 24.7 Å². The summed E-state index contributed by atoms with van der Waals surface area (Å²) in [4.78, 5) is 23.5. The summed E-state index contributed by atoms with van der Waals surface area (Å²) in [5, 5.41) is 16.1. The van der Waals surface area contributed by atoms with Crippen molar-refractivity contribution in [2.24, 2.45) is 11.7 Å². The van der Waals surface area contributed by atoms with Crippen LogP contribution in [0, 0.1) is 19.8 Å². The third kappa shape index (κ3) is 15.8. The van der Waals surface area contributed by atoms with E-state index in [1.54, 1.807) is 24.3 Å². The molecule has 2 aliphatic heterocycles. The molecule has 0 bridgehead atoms. The Bertz CT molecular complexity index is 1880. The summed E-state index contributed by atoms with van der Waals surface area (Å²) >= 11 is 0. The third-order valence-electron chi connectivity index (χ3n) is 10.2. The van der Waals surface area contributed by atoms with E-state index < -0.39 is 5.97 Å². The van der Waals surface area contributed by atoms with Crippen molar-refractivity contribution >= 4 is 11.8 Å². The number of ketones is 1. The molecule has 5 N–H and O–H groups in total. The summed E-state index contributed by atoms with van der Waals surface area (Å²) in [6.07, 6.45) is 4.84. The Labute approximate surface area is 342 Å². The van der Waals surface area contributed by atoms with Gasteiger partial charge in [-0.05, 0) is 159 Å². The van der Waals surface area contributed by atoms with Crippen LogP contribution in [-0.4, -0.2) is 45.1 Å². The molecule has 57 heavy (non-hydrogen) atoms. The van der Waals surface area contributed by atoms with Gasteiger partial charge in [-0.25, -0.2) is 4.79 Å². The molecule has 0 radical (unpaired) electrons. The van der Waals surface area contributed by atoms with Crippen LogP contribution in [0.4, 0.5) is 0 Å². The summed E-state index contributed by atoms with van der Waals surface area (Å²) < 4.78 is 11.5. The lowest BCUT2D eigenvalue weighted by atomic mass is 9.74. The molecule has 0 saturated carbocycles. The molecule has 6 rings (SSSR count). The normalized spacial score (nSPS) is 18.2. The monoisotopic (exact) mass is 778 g/mol. The quantitative estimate of drug-likeness (QED) is 0.117. The summed E-state index contributed by atoms with van der Waals surface area (Å²) in [6.45, 7) is 22.8. The Morgan fingerprint density at radius 3 is 1.37 bits per heavy atom. The van der Waals surface area contributed by atoms with Crippen LogP contribution in [0.5, 0.6) is 11.5 Å². The highest BCUT2D eigenvalue weighted by molar-refractivity contribution is 5.96. The number of carboxylic acids is 1. The van der Waals surface area contributed by atoms with Crippen molar-refractivity contribution in [3.05, 3.63) is 130 Å². The second kappa shape index (κ2) is 19.3. The number of piperidine rings is 2. The lowest BCUT2D eigenvalue weighted by Gasteiger charge is -2.46. The van der Waals surface area contributed by atoms with E-state index in [4.69, 9.17) is 20.3 Å². The van der Waals surface area contributed by atoms with Crippen molar-refractivity contribution in [3.8, 4) is 11.5 Å². The van der Waals surface area contributed by atoms with Crippen LogP contribution in [0.1, 0.15) is 130 Å². The standard InChI is InChI=1S/C25H33NO2.C15H14O3.C9H20N2/c1-18-7-6-8-22(13-18)28-17-19-9-11-21(12-10-19)23(27)14-20-15-24(2,3)26-25(4,5)16-20;1-11-3-2-4-14(9-11)18-10-12-5-7-13(8-6-12)15(16)17;1-8(2)5-7(10)6-9(3,4)11-8/h6-13,20,26H,14-17H2,1-5H3;2-9H,10H2,1H3,(H,16,17);7,11H,5-6,10H2,1-4H3. The smallest absolute Gasteiger partial charge is 0.335 e. The van der Waals surface area contributed by atoms with Crippen LogP contribution >= 0.6 is 0 Å². The van der Waals surface area contributed by atoms with Gasteiger partial charge in [0.05, 0.1) is 5.56 Å². The van der Waals surface area contributed by atoms with Crippen LogP contribution in [0.25, 0.3) is 0 Å². The van der Waals surface area contributed by atoms with Crippen LogP contribution in [0.15, 0.2) is 97.1 Å². The first-order chi connectivity index (χ1) is 26.6. The van der Waals surface area contributed by atoms with E-state index in [0.717, 1.165) is 59.4 Å². The lowest BCUT2D eigenvalue weighted by molar-refractivity contribution is 0.0696. The second-order valence-corrected chi connectivity index (χ2v) is 18.8. The van der Waals surface area contributed by atoms with Crippen LogP contribution in [-0.2, 0) is 13.2 Å². The van der Waals surface area contributed by atoms with Gasteiger partial charge in [0, 0.05) is 40.2 Å². The van der Waals surface area contributed by atoms with Gasteiger partial charge in [-0.3, -0.25) is 4.79 Å². The van der Waals surface area contributed by atoms with E-state index in [1.165, 1.54) is 5.56 Å². The number of carbonyl (C=O) groups excluding carboxylic acids is 1. The number of Topliss-reactive ketones (excluding diaryl/α,β-unsaturated/α-hetero) is 1. The van der Waals surface area contributed by atoms with Gasteiger partial charge < -0.3 is 30.9 Å². The summed E-state index contributed by atoms with van der Waals surface area (Å²) in [5.41, 5.74) is 11.9. The van der Waals surface area contributed by atoms with Gasteiger partial charge in [-0.2, -0.15) is 0 Å². The zero-order valence-electron chi connectivity index (χ0n) is 36.0. The molecule has 2 aliphatic rings. The van der Waals surface area contributed by atoms with Crippen molar-refractivity contribution in [1.29, 1.82) is 0 Å². The van der Waals surface area contributed by atoms with Gasteiger partial charge in [-0.1, -0.05) is 60.7 Å². The fourth-order valence-electron chi connectivity index (χ4n) is 8.73. The topological polar surface area (TPSA) is 123 Å². The largest absolute Gasteiger partial charge is 0.489 e. The maximum atomic E-state index is 12.8. The summed E-state index contributed by atoms with van der Waals surface area (Å²) in [5.74, 6) is 1.43. The minimum atomic E-state index is -0.916. The fourth-order valence-corrected chi connectivity index (χ4v) is 8.73. The molecule has 0 unspecified atom stereocenters. The van der Waals surface area contributed by atoms with Gasteiger partial charge in [0.15, 0.2) is 5.78 Å². The van der Waals surface area contributed by atoms with Crippen molar-refractivity contribution < 1.29 is 24.2 Å². The molecule has 2 fully saturated rings. The molecule has 0 aromatic heterocycles. The number of carboxylic acid groups (broad SMARTS) is 1. The first-order valence-corrected chi connectivity index (χ1v) is 20.3. The molecule has 308 valence electrons. The number of hydrogen-bond acceptors (Lipinski definition) is 7. The third-order valence-corrected chi connectivity index (χ3v) is 10.2. The maximum absolute atomic E-state index is 12.8. The number of benzene rings is 4. The Morgan fingerprint density at radius 1 is 0.614 bits per heavy atom. The predicted molar refractivity (Wildman–Crippen MR) is 232 cm³/mol. The molecule has 0 spiro atoms. The highest BCUT2D eigenvalue weighted by Gasteiger charge is 2.38. The van der Waals surface area contributed by atoms with E-state index in [2.05, 4.69) is 79.0 Å². The summed E-state index contributed by atoms with van der Waals surface area (Å²) in [6, 6.07) is 30.8. The van der Waals surface area contributed by atoms with Crippen molar-refractivity contribution in [3.63, 3.8) is 0 Å². The molecule has 2 heterocycles. The molecular formula is C49H67N3O5. The zero-order valence-corrected chi connectivity index (χ0v) is 36.0. The van der Waals surface area contributed by atoms with E-state index in [9.17, 15) is 9.59 Å². The zero-order chi connectivity index (χ0) is 42.0. The highest BCUT2D eigenvalue weighted by atomic mass is 16.5. The number of aryl methyl sites for hydroxylation is 2. The van der Waals surface area contributed by atoms with E-state index in [-0.39, 0.29) is 33.5 Å². The molecule has 0 amide bonds. The van der Waals surface area contributed by atoms with E-state index in [0.29, 0.717) is 31.6 Å². The Balaban J connectivity index is 0.000000211. The number of rotatable bonds is 10. The Morgan fingerprint density at radius 2 is 1.00 bits per heavy atom. The van der Waals surface area contributed by atoms with Crippen molar-refractivity contribution in [2.45, 2.75) is 143 Å². The van der Waals surface area contributed by atoms with Crippen LogP contribution < -0.4 is 25.8 Å². The summed E-state index contributed by atoms with van der Waals surface area (Å²) in [7, 11) is 0. The first kappa shape index (κ1) is 45.2. The Kier molecular flexibility index (Phi) is 15.3. The lowest BCUT2D eigenvalue weighted by Crippen LogP contribution is -2.60. The number of nitrogens with one attached hydrogen (secondary N) is 2. The molecule has 0 atom stereocenters. The number of carbonyl (C=O) groups is 2. The van der Waals surface area contributed by atoms with E-state index >= 15 is 0 Å². The van der Waals surface area contributed by atoms with Gasteiger partial charge in [0.25, 0.3) is 0 Å². The van der Waals surface area contributed by atoms with Gasteiger partial charge >= 0.3 is 5.97 Å². The van der Waals surface area contributed by atoms with Crippen molar-refractivity contribution in [1.82, 2.24) is 10.6 Å². The maximum Gasteiger partial charge on any atom is 0.335 e. The number of aromatic carboxylic acids is 1. The molecule has 4 aromatic rings.